The molecule has 0 aromatic rings. The summed E-state index contributed by atoms with van der Waals surface area (Å²) >= 11 is 0. The van der Waals surface area contributed by atoms with Crippen molar-refractivity contribution in [2.24, 2.45) is 0 Å². The Kier molecular flexibility index (Phi) is 3.87. The van der Waals surface area contributed by atoms with Crippen LogP contribution in [-0.2, 0) is 0 Å². The molecule has 1 saturated heterocycles. The molecule has 1 aliphatic heterocycles. The summed E-state index contributed by atoms with van der Waals surface area (Å²) in [7, 11) is 0. The van der Waals surface area contributed by atoms with Gasteiger partial charge in [-0.15, -0.1) is 0 Å². The van der Waals surface area contributed by atoms with E-state index in [0.29, 0.717) is 6.04 Å². The first-order valence-electron chi connectivity index (χ1n) is 4.83. The Bertz CT molecular complexity index is 102. The quantitative estimate of drug-likeness (QED) is 0.640. The van der Waals surface area contributed by atoms with Crippen molar-refractivity contribution in [3.63, 3.8) is 0 Å². The lowest BCUT2D eigenvalue weighted by Gasteiger charge is -2.31. The standard InChI is InChI=1S/C9H20N2/c1-3-5-9-7-10-6-8(4-2)11-9/h8-11H,3-7H2,1-2H3. The van der Waals surface area contributed by atoms with E-state index < -0.39 is 0 Å². The maximum Gasteiger partial charge on any atom is 0.0195 e. The van der Waals surface area contributed by atoms with E-state index in [0.717, 1.165) is 19.1 Å². The maximum absolute atomic E-state index is 3.64. The minimum atomic E-state index is 0.709. The van der Waals surface area contributed by atoms with Crippen LogP contribution in [0.2, 0.25) is 0 Å². The molecule has 0 aromatic heterocycles. The molecule has 2 atom stereocenters. The minimum absolute atomic E-state index is 0.709. The van der Waals surface area contributed by atoms with Gasteiger partial charge in [-0.05, 0) is 12.8 Å². The largest absolute Gasteiger partial charge is 0.314 e. The maximum atomic E-state index is 3.64. The smallest absolute Gasteiger partial charge is 0.0195 e. The van der Waals surface area contributed by atoms with Crippen molar-refractivity contribution in [3.05, 3.63) is 0 Å². The van der Waals surface area contributed by atoms with Gasteiger partial charge < -0.3 is 10.6 Å². The van der Waals surface area contributed by atoms with Crippen LogP contribution in [0.15, 0.2) is 0 Å². The molecular weight excluding hydrogens is 136 g/mol. The van der Waals surface area contributed by atoms with Crippen molar-refractivity contribution >= 4 is 0 Å². The Morgan fingerprint density at radius 1 is 1.18 bits per heavy atom. The summed E-state index contributed by atoms with van der Waals surface area (Å²) in [6.45, 7) is 6.80. The lowest BCUT2D eigenvalue weighted by molar-refractivity contribution is 0.318. The lowest BCUT2D eigenvalue weighted by Crippen LogP contribution is -2.54. The molecule has 2 N–H and O–H groups in total. The van der Waals surface area contributed by atoms with Crippen LogP contribution in [0.3, 0.4) is 0 Å². The first-order valence-corrected chi connectivity index (χ1v) is 4.83. The lowest BCUT2D eigenvalue weighted by atomic mass is 10.1. The second-order valence-corrected chi connectivity index (χ2v) is 3.42. The molecule has 0 bridgehead atoms. The van der Waals surface area contributed by atoms with Gasteiger partial charge in [-0.3, -0.25) is 0 Å². The monoisotopic (exact) mass is 156 g/mol. The first kappa shape index (κ1) is 9.01. The first-order chi connectivity index (χ1) is 5.36. The third kappa shape index (κ3) is 2.80. The van der Waals surface area contributed by atoms with E-state index in [4.69, 9.17) is 0 Å². The molecular formula is C9H20N2. The van der Waals surface area contributed by atoms with E-state index in [-0.39, 0.29) is 0 Å². The van der Waals surface area contributed by atoms with Gasteiger partial charge in [0.25, 0.3) is 0 Å². The SMILES string of the molecule is CCCC1CNCC(CC)N1. The summed E-state index contributed by atoms with van der Waals surface area (Å²) < 4.78 is 0. The summed E-state index contributed by atoms with van der Waals surface area (Å²) in [5, 5.41) is 7.10. The van der Waals surface area contributed by atoms with Gasteiger partial charge in [0.2, 0.25) is 0 Å². The van der Waals surface area contributed by atoms with Crippen LogP contribution in [0.4, 0.5) is 0 Å². The van der Waals surface area contributed by atoms with Crippen LogP contribution in [-0.4, -0.2) is 25.2 Å². The summed E-state index contributed by atoms with van der Waals surface area (Å²) in [6, 6.07) is 1.43. The van der Waals surface area contributed by atoms with E-state index in [1.165, 1.54) is 19.3 Å². The molecule has 0 spiro atoms. The number of hydrogen-bond donors (Lipinski definition) is 2. The van der Waals surface area contributed by atoms with Crippen molar-refractivity contribution in [3.8, 4) is 0 Å². The summed E-state index contributed by atoms with van der Waals surface area (Å²) in [4.78, 5) is 0. The molecule has 2 heteroatoms. The average Bonchev–Trinajstić information content (AvgIpc) is 2.06. The summed E-state index contributed by atoms with van der Waals surface area (Å²) in [5.41, 5.74) is 0. The van der Waals surface area contributed by atoms with Gasteiger partial charge in [0.05, 0.1) is 0 Å². The molecule has 1 rings (SSSR count). The fourth-order valence-electron chi connectivity index (χ4n) is 1.68. The molecule has 0 radical (unpaired) electrons. The second kappa shape index (κ2) is 4.73. The zero-order valence-electron chi connectivity index (χ0n) is 7.69. The van der Waals surface area contributed by atoms with Gasteiger partial charge in [-0.25, -0.2) is 0 Å². The van der Waals surface area contributed by atoms with Crippen molar-refractivity contribution < 1.29 is 0 Å². The van der Waals surface area contributed by atoms with Gasteiger partial charge in [-0.1, -0.05) is 20.3 Å². The highest BCUT2D eigenvalue weighted by Crippen LogP contribution is 2.03. The zero-order valence-corrected chi connectivity index (χ0v) is 7.69. The van der Waals surface area contributed by atoms with Gasteiger partial charge in [0.1, 0.15) is 0 Å². The van der Waals surface area contributed by atoms with Gasteiger partial charge in [0.15, 0.2) is 0 Å². The molecule has 1 fully saturated rings. The molecule has 0 saturated carbocycles. The topological polar surface area (TPSA) is 24.1 Å². The van der Waals surface area contributed by atoms with Crippen molar-refractivity contribution in [2.45, 2.75) is 45.2 Å². The number of hydrogen-bond acceptors (Lipinski definition) is 2. The molecule has 0 aromatic carbocycles. The molecule has 0 aliphatic carbocycles. The number of nitrogens with one attached hydrogen (secondary N) is 2. The predicted octanol–water partition coefficient (Wildman–Crippen LogP) is 1.13. The second-order valence-electron chi connectivity index (χ2n) is 3.42. The van der Waals surface area contributed by atoms with Crippen molar-refractivity contribution in [1.29, 1.82) is 0 Å². The highest BCUT2D eigenvalue weighted by molar-refractivity contribution is 4.82. The summed E-state index contributed by atoms with van der Waals surface area (Å²) in [5.74, 6) is 0. The van der Waals surface area contributed by atoms with Crippen molar-refractivity contribution in [1.82, 2.24) is 10.6 Å². The third-order valence-electron chi connectivity index (χ3n) is 2.38. The average molecular weight is 156 g/mol. The Hall–Kier alpha value is -0.0800. The van der Waals surface area contributed by atoms with E-state index in [1.54, 1.807) is 0 Å². The van der Waals surface area contributed by atoms with E-state index in [2.05, 4.69) is 24.5 Å². The Morgan fingerprint density at radius 2 is 1.91 bits per heavy atom. The minimum Gasteiger partial charge on any atom is -0.314 e. The molecule has 11 heavy (non-hydrogen) atoms. The predicted molar refractivity (Wildman–Crippen MR) is 48.8 cm³/mol. The van der Waals surface area contributed by atoms with E-state index in [9.17, 15) is 0 Å². The van der Waals surface area contributed by atoms with Crippen molar-refractivity contribution in [2.75, 3.05) is 13.1 Å². The highest BCUT2D eigenvalue weighted by Gasteiger charge is 2.17. The normalized spacial score (nSPS) is 32.2. The van der Waals surface area contributed by atoms with Crippen LogP contribution < -0.4 is 10.6 Å². The highest BCUT2D eigenvalue weighted by atomic mass is 15.1. The Labute approximate surface area is 69.8 Å². The van der Waals surface area contributed by atoms with Crippen LogP contribution in [0.5, 0.6) is 0 Å². The fourth-order valence-corrected chi connectivity index (χ4v) is 1.68. The van der Waals surface area contributed by atoms with Crippen LogP contribution in [0.25, 0.3) is 0 Å². The van der Waals surface area contributed by atoms with Gasteiger partial charge in [0, 0.05) is 25.2 Å². The van der Waals surface area contributed by atoms with E-state index >= 15 is 0 Å². The number of piperazine rings is 1. The molecule has 2 nitrogen and oxygen atoms in total. The van der Waals surface area contributed by atoms with E-state index in [1.807, 2.05) is 0 Å². The molecule has 0 amide bonds. The number of rotatable bonds is 3. The Morgan fingerprint density at radius 3 is 2.55 bits per heavy atom. The van der Waals surface area contributed by atoms with Gasteiger partial charge >= 0.3 is 0 Å². The van der Waals surface area contributed by atoms with Crippen LogP contribution in [0, 0.1) is 0 Å². The van der Waals surface area contributed by atoms with Crippen LogP contribution in [0.1, 0.15) is 33.1 Å². The summed E-state index contributed by atoms with van der Waals surface area (Å²) in [6.07, 6.45) is 3.84. The van der Waals surface area contributed by atoms with Crippen LogP contribution >= 0.6 is 0 Å². The molecule has 66 valence electrons. The fraction of sp³-hybridized carbons (Fsp3) is 1.00. The third-order valence-corrected chi connectivity index (χ3v) is 2.38. The molecule has 1 aliphatic rings. The molecule has 1 heterocycles. The van der Waals surface area contributed by atoms with Gasteiger partial charge in [-0.2, -0.15) is 0 Å². The zero-order chi connectivity index (χ0) is 8.10. The Balaban J connectivity index is 2.21. The molecule has 2 unspecified atom stereocenters.